The molecule has 9 heteroatoms. The number of rotatable bonds is 5. The van der Waals surface area contributed by atoms with Crippen LogP contribution in [-0.2, 0) is 9.53 Å². The summed E-state index contributed by atoms with van der Waals surface area (Å²) in [5.41, 5.74) is 0.905. The highest BCUT2D eigenvalue weighted by atomic mass is 32.1. The van der Waals surface area contributed by atoms with E-state index in [1.807, 2.05) is 29.6 Å². The second-order valence-electron chi connectivity index (χ2n) is 6.96. The summed E-state index contributed by atoms with van der Waals surface area (Å²) in [6, 6.07) is 7.49. The zero-order valence-corrected chi connectivity index (χ0v) is 17.1. The van der Waals surface area contributed by atoms with Gasteiger partial charge in [-0.05, 0) is 30.5 Å². The maximum atomic E-state index is 13.1. The van der Waals surface area contributed by atoms with Crippen LogP contribution in [0.15, 0.2) is 45.4 Å². The first-order valence-electron chi connectivity index (χ1n) is 9.76. The summed E-state index contributed by atoms with van der Waals surface area (Å²) < 4.78 is 10.6. The van der Waals surface area contributed by atoms with Gasteiger partial charge < -0.3 is 14.1 Å². The number of carbonyl (C=O) groups is 2. The van der Waals surface area contributed by atoms with Crippen LogP contribution in [0.2, 0.25) is 0 Å². The molecule has 0 bridgehead atoms. The molecule has 0 aliphatic carbocycles. The first kappa shape index (κ1) is 19.7. The zero-order valence-electron chi connectivity index (χ0n) is 16.3. The van der Waals surface area contributed by atoms with Crippen LogP contribution < -0.4 is 0 Å². The number of hydrogen-bond donors (Lipinski definition) is 0. The van der Waals surface area contributed by atoms with Crippen molar-refractivity contribution < 1.29 is 18.7 Å². The fourth-order valence-electron chi connectivity index (χ4n) is 3.60. The van der Waals surface area contributed by atoms with Crippen molar-refractivity contribution in [3.05, 3.63) is 46.5 Å². The Labute approximate surface area is 173 Å². The Kier molecular flexibility index (Phi) is 5.96. The van der Waals surface area contributed by atoms with E-state index in [9.17, 15) is 9.59 Å². The smallest absolute Gasteiger partial charge is 0.409 e. The van der Waals surface area contributed by atoms with Gasteiger partial charge >= 0.3 is 6.09 Å². The van der Waals surface area contributed by atoms with Gasteiger partial charge in [0.2, 0.25) is 0 Å². The molecule has 4 rings (SSSR count). The van der Waals surface area contributed by atoms with E-state index in [2.05, 4.69) is 10.0 Å². The number of hydrogen-bond acceptors (Lipinski definition) is 7. The summed E-state index contributed by atoms with van der Waals surface area (Å²) in [5.74, 6) is 0.670. The zero-order chi connectivity index (χ0) is 20.2. The molecule has 8 nitrogen and oxygen atoms in total. The van der Waals surface area contributed by atoms with Crippen LogP contribution in [0.3, 0.4) is 0 Å². The van der Waals surface area contributed by atoms with Gasteiger partial charge in [0.25, 0.3) is 5.91 Å². The second-order valence-corrected chi connectivity index (χ2v) is 7.91. The molecule has 1 unspecified atom stereocenters. The van der Waals surface area contributed by atoms with E-state index in [0.29, 0.717) is 39.2 Å². The molecule has 2 aromatic rings. The number of piperazine rings is 1. The Bertz CT molecular complexity index is 857. The van der Waals surface area contributed by atoms with E-state index >= 15 is 0 Å². The predicted molar refractivity (Wildman–Crippen MR) is 109 cm³/mol. The molecule has 2 aliphatic heterocycles. The average molecular weight is 417 g/mol. The Morgan fingerprint density at radius 3 is 2.72 bits per heavy atom. The van der Waals surface area contributed by atoms with Crippen molar-refractivity contribution in [2.75, 3.05) is 39.3 Å². The summed E-state index contributed by atoms with van der Waals surface area (Å²) in [7, 11) is 0. The molecule has 2 amide bonds. The van der Waals surface area contributed by atoms with Gasteiger partial charge in [-0.25, -0.2) is 9.80 Å². The lowest BCUT2D eigenvalue weighted by Gasteiger charge is -2.34. The lowest BCUT2D eigenvalue weighted by molar-refractivity contribution is -0.135. The van der Waals surface area contributed by atoms with Gasteiger partial charge in [-0.15, -0.1) is 11.3 Å². The third kappa shape index (κ3) is 4.35. The fraction of sp³-hybridized carbons (Fsp3) is 0.450. The minimum absolute atomic E-state index is 0.0671. The molecule has 0 radical (unpaired) electrons. The van der Waals surface area contributed by atoms with Crippen molar-refractivity contribution in [1.82, 2.24) is 14.8 Å². The van der Waals surface area contributed by atoms with Crippen molar-refractivity contribution >= 4 is 29.0 Å². The summed E-state index contributed by atoms with van der Waals surface area (Å²) in [5, 5.41) is 8.21. The van der Waals surface area contributed by atoms with Gasteiger partial charge in [0.15, 0.2) is 0 Å². The molecular formula is C20H24N4O4S. The Morgan fingerprint density at radius 1 is 1.24 bits per heavy atom. The molecule has 0 N–H and O–H groups in total. The number of amides is 2. The monoisotopic (exact) mass is 416 g/mol. The van der Waals surface area contributed by atoms with Crippen LogP contribution in [0.4, 0.5) is 4.79 Å². The molecule has 1 saturated heterocycles. The van der Waals surface area contributed by atoms with Crippen molar-refractivity contribution in [2.45, 2.75) is 19.4 Å². The number of thiophene rings is 1. The maximum absolute atomic E-state index is 13.1. The molecule has 2 aromatic heterocycles. The van der Waals surface area contributed by atoms with E-state index in [4.69, 9.17) is 9.15 Å². The number of nitrogens with zero attached hydrogens (tertiary/aromatic N) is 4. The third-order valence-corrected chi connectivity index (χ3v) is 6.02. The van der Waals surface area contributed by atoms with Crippen molar-refractivity contribution in [3.8, 4) is 0 Å². The largest absolute Gasteiger partial charge is 0.467 e. The molecule has 1 fully saturated rings. The molecule has 4 heterocycles. The van der Waals surface area contributed by atoms with Crippen molar-refractivity contribution in [3.63, 3.8) is 0 Å². The van der Waals surface area contributed by atoms with Crippen LogP contribution in [0.1, 0.15) is 30.0 Å². The first-order chi connectivity index (χ1) is 14.2. The highest BCUT2D eigenvalue weighted by Crippen LogP contribution is 2.34. The molecule has 29 heavy (non-hydrogen) atoms. The van der Waals surface area contributed by atoms with E-state index < -0.39 is 0 Å². The highest BCUT2D eigenvalue weighted by Gasteiger charge is 2.36. The van der Waals surface area contributed by atoms with Crippen LogP contribution in [-0.4, -0.2) is 71.9 Å². The van der Waals surface area contributed by atoms with Crippen molar-refractivity contribution in [1.29, 1.82) is 0 Å². The van der Waals surface area contributed by atoms with Gasteiger partial charge in [0, 0.05) is 32.6 Å². The minimum Gasteiger partial charge on any atom is -0.467 e. The quantitative estimate of drug-likeness (QED) is 0.749. The molecule has 0 saturated carbocycles. The standard InChI is InChI=1S/C20H24N4O4S/c1-2-27-20(26)23-9-7-22(8-10-23)14-19(25)24-16(17-5-3-11-28-17)13-15(21-24)18-6-4-12-29-18/h3-6,11-12,16H,2,7-10,13-14H2,1H3. The SMILES string of the molecule is CCOC(=O)N1CCN(CC(=O)N2N=C(c3cccs3)CC2c2ccco2)CC1. The summed E-state index contributed by atoms with van der Waals surface area (Å²) in [6.07, 6.45) is 1.97. The lowest BCUT2D eigenvalue weighted by Crippen LogP contribution is -2.51. The number of furan rings is 1. The van der Waals surface area contributed by atoms with Crippen LogP contribution in [0.25, 0.3) is 0 Å². The van der Waals surface area contributed by atoms with Gasteiger partial charge in [0.1, 0.15) is 11.8 Å². The topological polar surface area (TPSA) is 78.6 Å². The van der Waals surface area contributed by atoms with E-state index in [-0.39, 0.29) is 24.6 Å². The number of carbonyl (C=O) groups excluding carboxylic acids is 2. The number of hydrazone groups is 1. The highest BCUT2D eigenvalue weighted by molar-refractivity contribution is 7.12. The predicted octanol–water partition coefficient (Wildman–Crippen LogP) is 2.79. The van der Waals surface area contributed by atoms with E-state index in [1.54, 1.807) is 34.4 Å². The fourth-order valence-corrected chi connectivity index (χ4v) is 4.32. The molecule has 1 atom stereocenters. The van der Waals surface area contributed by atoms with Gasteiger partial charge in [-0.1, -0.05) is 6.07 Å². The van der Waals surface area contributed by atoms with Gasteiger partial charge in [-0.2, -0.15) is 5.10 Å². The molecular weight excluding hydrogens is 392 g/mol. The lowest BCUT2D eigenvalue weighted by atomic mass is 10.1. The summed E-state index contributed by atoms with van der Waals surface area (Å²) in [6.45, 7) is 4.79. The van der Waals surface area contributed by atoms with E-state index in [0.717, 1.165) is 16.3 Å². The van der Waals surface area contributed by atoms with Crippen LogP contribution in [0, 0.1) is 0 Å². The molecule has 2 aliphatic rings. The Hall–Kier alpha value is -2.65. The average Bonchev–Trinajstić information content (AvgIpc) is 3.49. The first-order valence-corrected chi connectivity index (χ1v) is 10.6. The molecule has 0 aromatic carbocycles. The van der Waals surface area contributed by atoms with Gasteiger partial charge in [-0.3, -0.25) is 9.69 Å². The van der Waals surface area contributed by atoms with E-state index in [1.165, 1.54) is 0 Å². The second kappa shape index (κ2) is 8.79. The summed E-state index contributed by atoms with van der Waals surface area (Å²) in [4.78, 5) is 29.7. The van der Waals surface area contributed by atoms with Crippen LogP contribution in [0.5, 0.6) is 0 Å². The maximum Gasteiger partial charge on any atom is 0.409 e. The normalized spacial score (nSPS) is 20.0. The van der Waals surface area contributed by atoms with Crippen LogP contribution >= 0.6 is 11.3 Å². The Balaban J connectivity index is 1.41. The third-order valence-electron chi connectivity index (χ3n) is 5.10. The molecule has 154 valence electrons. The summed E-state index contributed by atoms with van der Waals surface area (Å²) >= 11 is 1.62. The minimum atomic E-state index is -0.291. The van der Waals surface area contributed by atoms with Crippen molar-refractivity contribution in [2.24, 2.45) is 5.10 Å². The Morgan fingerprint density at radius 2 is 2.07 bits per heavy atom. The van der Waals surface area contributed by atoms with Gasteiger partial charge in [0.05, 0.1) is 30.0 Å². The number of ether oxygens (including phenoxy) is 1. The molecule has 0 spiro atoms.